The van der Waals surface area contributed by atoms with Gasteiger partial charge in [0.25, 0.3) is 0 Å². The maximum atomic E-state index is 11.3. The van der Waals surface area contributed by atoms with Crippen LogP contribution in [0.2, 0.25) is 15.1 Å². The number of benzene rings is 3. The molecule has 3 heterocycles. The molecule has 0 unspecified atom stereocenters. The quantitative estimate of drug-likeness (QED) is 0.282. The lowest BCUT2D eigenvalue weighted by Crippen LogP contribution is -2.48. The van der Waals surface area contributed by atoms with Crippen LogP contribution < -0.4 is 15.1 Å². The van der Waals surface area contributed by atoms with E-state index in [1.807, 2.05) is 176 Å². The van der Waals surface area contributed by atoms with E-state index >= 15 is 0 Å². The average Bonchev–Trinajstić information content (AvgIpc) is 3.43. The molecule has 3 amide bonds. The molecule has 0 spiro atoms. The third-order valence-electron chi connectivity index (χ3n) is 8.74. The summed E-state index contributed by atoms with van der Waals surface area (Å²) >= 11 is 17.3. The molecule has 3 fully saturated rings. The summed E-state index contributed by atoms with van der Waals surface area (Å²) in [4.78, 5) is 43.4. The first kappa shape index (κ1) is 78.7. The second-order valence-corrected chi connectivity index (χ2v) is 13.3. The van der Waals surface area contributed by atoms with Gasteiger partial charge in [0.15, 0.2) is 0 Å². The van der Waals surface area contributed by atoms with E-state index < -0.39 is 0 Å². The zero-order valence-corrected chi connectivity index (χ0v) is 50.0. The highest BCUT2D eigenvalue weighted by atomic mass is 35.5. The molecule has 3 aromatic rings. The van der Waals surface area contributed by atoms with Gasteiger partial charge in [-0.15, -0.1) is 0 Å². The molecule has 3 aromatic carbocycles. The molecule has 12 heteroatoms. The number of para-hydroxylation sites is 2. The standard InChI is InChI=1S/C14H20N2O.C12H15ClN2O.C6H4Cl2.C6H12N2O.9C2H6/c1-3-13-6-4-5-7-14(13)16-10-8-15(9-11-16)12(2)17;1-10(16)14-6-8-15(9-7-14)12-5-3-2-4-11(12)13;7-5-3-1-2-4-6(5)8;1-6(9)8-4-2-7-3-5-8;9*1-2/h4-7H,3,8-11H2,1-2H3;2-5H,6-9H2,1H3;1-4H;7H,2-5H2,1H3;9*1-2H3. The summed E-state index contributed by atoms with van der Waals surface area (Å²) in [6.45, 7) is 53.5. The molecule has 68 heavy (non-hydrogen) atoms. The van der Waals surface area contributed by atoms with E-state index in [4.69, 9.17) is 34.8 Å². The molecule has 0 saturated carbocycles. The van der Waals surface area contributed by atoms with Crippen LogP contribution in [0.4, 0.5) is 11.4 Å². The summed E-state index contributed by atoms with van der Waals surface area (Å²) in [5, 5.41) is 5.16. The fourth-order valence-electron chi connectivity index (χ4n) is 5.77. The highest BCUT2D eigenvalue weighted by Gasteiger charge is 2.21. The first-order valence-electron chi connectivity index (χ1n) is 26.2. The molecule has 0 radical (unpaired) electrons. The van der Waals surface area contributed by atoms with Crippen molar-refractivity contribution in [2.24, 2.45) is 0 Å². The number of piperazine rings is 3. The third-order valence-corrected chi connectivity index (χ3v) is 9.82. The summed E-state index contributed by atoms with van der Waals surface area (Å²) in [5.74, 6) is 0.531. The van der Waals surface area contributed by atoms with Gasteiger partial charge in [-0.2, -0.15) is 0 Å². The van der Waals surface area contributed by atoms with Gasteiger partial charge in [0.1, 0.15) is 0 Å². The highest BCUT2D eigenvalue weighted by Crippen LogP contribution is 2.26. The fourth-order valence-corrected chi connectivity index (χ4v) is 6.30. The minimum Gasteiger partial charge on any atom is -0.368 e. The molecule has 0 aromatic heterocycles. The normalized spacial score (nSPS) is 12.4. The lowest BCUT2D eigenvalue weighted by atomic mass is 10.1. The Bertz CT molecular complexity index is 1490. The van der Waals surface area contributed by atoms with Crippen molar-refractivity contribution in [3.63, 3.8) is 0 Å². The Morgan fingerprint density at radius 2 is 0.662 bits per heavy atom. The van der Waals surface area contributed by atoms with Crippen LogP contribution in [-0.2, 0) is 20.8 Å². The number of aryl methyl sites for hydroxylation is 1. The maximum absolute atomic E-state index is 11.3. The molecule has 0 aliphatic carbocycles. The highest BCUT2D eigenvalue weighted by molar-refractivity contribution is 6.41. The number of amides is 3. The number of nitrogens with zero attached hydrogens (tertiary/aromatic N) is 5. The van der Waals surface area contributed by atoms with Gasteiger partial charge < -0.3 is 29.8 Å². The zero-order chi connectivity index (χ0) is 54.5. The molecule has 3 aliphatic rings. The Morgan fingerprint density at radius 3 is 0.941 bits per heavy atom. The van der Waals surface area contributed by atoms with Crippen LogP contribution in [-0.4, -0.2) is 111 Å². The van der Waals surface area contributed by atoms with Gasteiger partial charge in [-0.1, -0.05) is 209 Å². The largest absolute Gasteiger partial charge is 0.368 e. The lowest BCUT2D eigenvalue weighted by Gasteiger charge is -2.36. The second kappa shape index (κ2) is 59.6. The number of rotatable bonds is 3. The predicted octanol–water partition coefficient (Wildman–Crippen LogP) is 15.6. The Kier molecular flexibility index (Phi) is 69.0. The molecule has 6 rings (SSSR count). The van der Waals surface area contributed by atoms with Crippen LogP contribution in [0.5, 0.6) is 0 Å². The van der Waals surface area contributed by atoms with Crippen LogP contribution in [0.1, 0.15) is 158 Å². The number of anilines is 2. The molecule has 9 nitrogen and oxygen atoms in total. The van der Waals surface area contributed by atoms with Crippen LogP contribution in [0, 0.1) is 0 Å². The van der Waals surface area contributed by atoms with Crippen molar-refractivity contribution < 1.29 is 14.4 Å². The van der Waals surface area contributed by atoms with Crippen molar-refractivity contribution in [3.05, 3.63) is 93.4 Å². The smallest absolute Gasteiger partial charge is 0.219 e. The number of carbonyl (C=O) groups is 3. The number of nitrogens with one attached hydrogen (secondary N) is 1. The van der Waals surface area contributed by atoms with Crippen molar-refractivity contribution >= 4 is 63.9 Å². The summed E-state index contributed by atoms with van der Waals surface area (Å²) in [5.41, 5.74) is 3.79. The summed E-state index contributed by atoms with van der Waals surface area (Å²) in [6, 6.07) is 23.6. The number of carbonyl (C=O) groups excluding carboxylic acids is 3. The van der Waals surface area contributed by atoms with Crippen LogP contribution in [0.3, 0.4) is 0 Å². The van der Waals surface area contributed by atoms with Gasteiger partial charge in [0, 0.05) is 105 Å². The Morgan fingerprint density at radius 1 is 0.397 bits per heavy atom. The van der Waals surface area contributed by atoms with Crippen molar-refractivity contribution in [2.45, 2.75) is 159 Å². The van der Waals surface area contributed by atoms with Gasteiger partial charge in [0.2, 0.25) is 17.7 Å². The minimum atomic E-state index is 0.152. The Labute approximate surface area is 436 Å². The molecule has 0 bridgehead atoms. The van der Waals surface area contributed by atoms with Crippen LogP contribution in [0.15, 0.2) is 72.8 Å². The molecule has 3 saturated heterocycles. The average molecular weight is 1020 g/mol. The fraction of sp³-hybridized carbons (Fsp3) is 0.625. The number of hydrogen-bond acceptors (Lipinski definition) is 6. The number of hydrogen-bond donors (Lipinski definition) is 1. The Hall–Kier alpha value is -3.50. The van der Waals surface area contributed by atoms with Crippen molar-refractivity contribution in [1.82, 2.24) is 20.0 Å². The van der Waals surface area contributed by atoms with Crippen LogP contribution >= 0.6 is 34.8 Å². The molecule has 398 valence electrons. The SMILES string of the molecule is CC.CC.CC.CC.CC.CC.CC.CC.CC.CC(=O)N1CCN(c2ccccc2Cl)CC1.CC(=O)N1CCNCC1.CCc1ccccc1N1CCN(C(C)=O)CC1.Clc1ccccc1Cl. The van der Waals surface area contributed by atoms with Crippen molar-refractivity contribution in [3.8, 4) is 0 Å². The van der Waals surface area contributed by atoms with E-state index in [1.54, 1.807) is 32.9 Å². The monoisotopic (exact) mass is 1010 g/mol. The van der Waals surface area contributed by atoms with E-state index in [1.165, 1.54) is 11.3 Å². The van der Waals surface area contributed by atoms with Crippen molar-refractivity contribution in [1.29, 1.82) is 0 Å². The van der Waals surface area contributed by atoms with Gasteiger partial charge in [-0.25, -0.2) is 0 Å². The van der Waals surface area contributed by atoms with Crippen LogP contribution in [0.25, 0.3) is 0 Å². The Balaban J connectivity index is -0.000000134. The van der Waals surface area contributed by atoms with E-state index in [0.717, 1.165) is 95.7 Å². The summed E-state index contributed by atoms with van der Waals surface area (Å²) in [7, 11) is 0. The first-order chi connectivity index (χ1) is 33.0. The first-order valence-corrected chi connectivity index (χ1v) is 27.3. The van der Waals surface area contributed by atoms with E-state index in [2.05, 4.69) is 46.3 Å². The molecule has 3 aliphatic heterocycles. The molecule has 1 N–H and O–H groups in total. The van der Waals surface area contributed by atoms with Gasteiger partial charge in [0.05, 0.1) is 20.8 Å². The molecule has 0 atom stereocenters. The second-order valence-electron chi connectivity index (χ2n) is 12.1. The van der Waals surface area contributed by atoms with Gasteiger partial charge in [-0.05, 0) is 42.3 Å². The minimum absolute atomic E-state index is 0.152. The molecular formula is C56H105Cl3N6O3. The number of halogens is 3. The van der Waals surface area contributed by atoms with E-state index in [0.29, 0.717) is 10.0 Å². The third kappa shape index (κ3) is 37.4. The predicted molar refractivity (Wildman–Crippen MR) is 310 cm³/mol. The van der Waals surface area contributed by atoms with E-state index in [-0.39, 0.29) is 17.7 Å². The zero-order valence-electron chi connectivity index (χ0n) is 47.7. The van der Waals surface area contributed by atoms with Crippen molar-refractivity contribution in [2.75, 3.05) is 88.3 Å². The van der Waals surface area contributed by atoms with E-state index in [9.17, 15) is 14.4 Å². The van der Waals surface area contributed by atoms with Gasteiger partial charge >= 0.3 is 0 Å². The summed E-state index contributed by atoms with van der Waals surface area (Å²) in [6.07, 6.45) is 1.06. The topological polar surface area (TPSA) is 79.4 Å². The maximum Gasteiger partial charge on any atom is 0.219 e. The molecular weight excluding hydrogens is 911 g/mol. The van der Waals surface area contributed by atoms with Gasteiger partial charge in [-0.3, -0.25) is 14.4 Å². The lowest BCUT2D eigenvalue weighted by molar-refractivity contribution is -0.130. The summed E-state index contributed by atoms with van der Waals surface area (Å²) < 4.78 is 0.